The molecule has 1 atom stereocenters. The van der Waals surface area contributed by atoms with Crippen LogP contribution in [0.2, 0.25) is 0 Å². The van der Waals surface area contributed by atoms with Crippen LogP contribution in [0.15, 0.2) is 47.4 Å². The third-order valence-electron chi connectivity index (χ3n) is 4.29. The lowest BCUT2D eigenvalue weighted by Crippen LogP contribution is -2.33. The molecule has 2 aromatic rings. The molecular formula is C19H20N2O5S. The van der Waals surface area contributed by atoms with E-state index in [1.165, 1.54) is 32.0 Å². The summed E-state index contributed by atoms with van der Waals surface area (Å²) in [6.07, 6.45) is 0.570. The number of nitrogens with zero attached hydrogens (tertiary/aromatic N) is 1. The lowest BCUT2D eigenvalue weighted by molar-refractivity contribution is -0.117. The van der Waals surface area contributed by atoms with Crippen LogP contribution in [0.1, 0.15) is 26.3 Å². The highest BCUT2D eigenvalue weighted by Gasteiger charge is 2.30. The largest absolute Gasteiger partial charge is 0.377 e. The molecule has 0 aliphatic carbocycles. The van der Waals surface area contributed by atoms with Gasteiger partial charge < -0.3 is 14.4 Å². The quantitative estimate of drug-likeness (QED) is 0.813. The number of para-hydroxylation sites is 2. The summed E-state index contributed by atoms with van der Waals surface area (Å²) in [4.78, 5) is 24.8. The van der Waals surface area contributed by atoms with Gasteiger partial charge in [0.2, 0.25) is 11.8 Å². The highest BCUT2D eigenvalue weighted by Crippen LogP contribution is 2.35. The van der Waals surface area contributed by atoms with E-state index in [0.29, 0.717) is 12.1 Å². The van der Waals surface area contributed by atoms with E-state index in [1.807, 2.05) is 6.92 Å². The van der Waals surface area contributed by atoms with Gasteiger partial charge in [-0.3, -0.25) is 9.59 Å². The second-order valence-corrected chi connectivity index (χ2v) is 7.99. The van der Waals surface area contributed by atoms with Crippen LogP contribution in [0.3, 0.4) is 0 Å². The van der Waals surface area contributed by atoms with Gasteiger partial charge in [-0.15, -0.1) is 0 Å². The molecule has 2 amide bonds. The van der Waals surface area contributed by atoms with Crippen molar-refractivity contribution >= 4 is 33.3 Å². The minimum Gasteiger partial charge on any atom is -0.377 e. The Morgan fingerprint density at radius 1 is 1.15 bits per heavy atom. The van der Waals surface area contributed by atoms with Crippen LogP contribution < -0.4 is 14.4 Å². The van der Waals surface area contributed by atoms with Gasteiger partial charge in [-0.1, -0.05) is 12.1 Å². The molecule has 0 radical (unpaired) electrons. The number of carbonyl (C=O) groups excluding carboxylic acids is 2. The molecule has 0 saturated heterocycles. The van der Waals surface area contributed by atoms with Crippen LogP contribution in [0.25, 0.3) is 0 Å². The molecule has 1 unspecified atom stereocenters. The third-order valence-corrected chi connectivity index (χ3v) is 5.52. The molecule has 0 spiro atoms. The standard InChI is InChI=1S/C19H20N2O5S/c1-12-10-15-11-16(8-9-18(15)21(12)14(3)23)27(24,25)26-19-7-5-4-6-17(19)20-13(2)22/h4-9,11-12H,10H2,1-3H3,(H,20,22). The Morgan fingerprint density at radius 3 is 2.52 bits per heavy atom. The number of fused-ring (bicyclic) bond motifs is 1. The number of carbonyl (C=O) groups is 2. The van der Waals surface area contributed by atoms with Gasteiger partial charge in [-0.2, -0.15) is 8.42 Å². The van der Waals surface area contributed by atoms with Crippen molar-refractivity contribution in [2.24, 2.45) is 0 Å². The zero-order chi connectivity index (χ0) is 19.8. The molecule has 1 aliphatic heterocycles. The Morgan fingerprint density at radius 2 is 1.85 bits per heavy atom. The lowest BCUT2D eigenvalue weighted by Gasteiger charge is -2.20. The first kappa shape index (κ1) is 18.9. The number of hydrogen-bond donors (Lipinski definition) is 1. The molecule has 8 heteroatoms. The van der Waals surface area contributed by atoms with Crippen LogP contribution in [-0.4, -0.2) is 26.3 Å². The van der Waals surface area contributed by atoms with Crippen molar-refractivity contribution in [2.45, 2.75) is 38.1 Å². The third kappa shape index (κ3) is 3.80. The Kier molecular flexibility index (Phi) is 4.93. The van der Waals surface area contributed by atoms with E-state index >= 15 is 0 Å². The number of hydrogen-bond acceptors (Lipinski definition) is 5. The summed E-state index contributed by atoms with van der Waals surface area (Å²) in [5.74, 6) is -0.386. The molecule has 1 heterocycles. The van der Waals surface area contributed by atoms with Crippen molar-refractivity contribution in [1.29, 1.82) is 0 Å². The van der Waals surface area contributed by atoms with E-state index < -0.39 is 10.1 Å². The van der Waals surface area contributed by atoms with Gasteiger partial charge >= 0.3 is 10.1 Å². The number of rotatable bonds is 4. The monoisotopic (exact) mass is 388 g/mol. The molecule has 7 nitrogen and oxygen atoms in total. The molecule has 27 heavy (non-hydrogen) atoms. The van der Waals surface area contributed by atoms with E-state index in [4.69, 9.17) is 4.18 Å². The fraction of sp³-hybridized carbons (Fsp3) is 0.263. The van der Waals surface area contributed by atoms with Gasteiger partial charge in [0.25, 0.3) is 0 Å². The first-order valence-corrected chi connectivity index (χ1v) is 9.83. The summed E-state index contributed by atoms with van der Waals surface area (Å²) in [7, 11) is -4.10. The molecule has 2 aromatic carbocycles. The summed E-state index contributed by atoms with van der Waals surface area (Å²) >= 11 is 0. The maximum atomic E-state index is 12.7. The molecule has 142 valence electrons. The summed E-state index contributed by atoms with van der Waals surface area (Å²) in [6, 6.07) is 10.8. The first-order chi connectivity index (χ1) is 12.7. The predicted molar refractivity (Wildman–Crippen MR) is 101 cm³/mol. The highest BCUT2D eigenvalue weighted by molar-refractivity contribution is 7.87. The molecule has 1 aliphatic rings. The molecule has 3 rings (SSSR count). The van der Waals surface area contributed by atoms with Crippen molar-refractivity contribution in [2.75, 3.05) is 10.2 Å². The Balaban J connectivity index is 1.93. The SMILES string of the molecule is CC(=O)Nc1ccccc1OS(=O)(=O)c1ccc2c(c1)CC(C)N2C(C)=O. The minimum absolute atomic E-state index is 0.00326. The molecular weight excluding hydrogens is 368 g/mol. The smallest absolute Gasteiger partial charge is 0.339 e. The fourth-order valence-corrected chi connectivity index (χ4v) is 4.24. The van der Waals surface area contributed by atoms with Gasteiger partial charge in [0.15, 0.2) is 5.75 Å². The van der Waals surface area contributed by atoms with Crippen molar-refractivity contribution in [3.05, 3.63) is 48.0 Å². The first-order valence-electron chi connectivity index (χ1n) is 8.43. The van der Waals surface area contributed by atoms with Crippen molar-refractivity contribution < 1.29 is 22.2 Å². The predicted octanol–water partition coefficient (Wildman–Crippen LogP) is 2.71. The summed E-state index contributed by atoms with van der Waals surface area (Å²) < 4.78 is 30.7. The summed E-state index contributed by atoms with van der Waals surface area (Å²) in [6.45, 7) is 4.72. The average molecular weight is 388 g/mol. The Labute approximate surface area is 158 Å². The second-order valence-electron chi connectivity index (χ2n) is 6.45. The van der Waals surface area contributed by atoms with Gasteiger partial charge in [-0.05, 0) is 49.2 Å². The Hall–Kier alpha value is -2.87. The van der Waals surface area contributed by atoms with Gasteiger partial charge in [0.05, 0.1) is 5.69 Å². The topological polar surface area (TPSA) is 92.8 Å². The van der Waals surface area contributed by atoms with Crippen LogP contribution in [0.5, 0.6) is 5.75 Å². The number of nitrogens with one attached hydrogen (secondary N) is 1. The van der Waals surface area contributed by atoms with E-state index in [-0.39, 0.29) is 34.2 Å². The maximum Gasteiger partial charge on any atom is 0.339 e. The summed E-state index contributed by atoms with van der Waals surface area (Å²) in [5.41, 5.74) is 1.76. The van der Waals surface area contributed by atoms with Crippen molar-refractivity contribution in [1.82, 2.24) is 0 Å². The maximum absolute atomic E-state index is 12.7. The second kappa shape index (κ2) is 7.03. The van der Waals surface area contributed by atoms with E-state index in [1.54, 1.807) is 29.2 Å². The zero-order valence-corrected chi connectivity index (χ0v) is 16.0. The zero-order valence-electron chi connectivity index (χ0n) is 15.2. The van der Waals surface area contributed by atoms with Crippen LogP contribution in [-0.2, 0) is 26.1 Å². The fourth-order valence-electron chi connectivity index (χ4n) is 3.24. The molecule has 0 bridgehead atoms. The minimum atomic E-state index is -4.10. The van der Waals surface area contributed by atoms with E-state index in [9.17, 15) is 18.0 Å². The number of benzene rings is 2. The average Bonchev–Trinajstić information content (AvgIpc) is 2.91. The van der Waals surface area contributed by atoms with Crippen molar-refractivity contribution in [3.8, 4) is 5.75 Å². The van der Waals surface area contributed by atoms with Crippen LogP contribution in [0, 0.1) is 0 Å². The van der Waals surface area contributed by atoms with Gasteiger partial charge in [0, 0.05) is 25.6 Å². The van der Waals surface area contributed by atoms with Crippen LogP contribution in [0.4, 0.5) is 11.4 Å². The normalized spacial score (nSPS) is 16.0. The van der Waals surface area contributed by atoms with E-state index in [0.717, 1.165) is 5.56 Å². The molecule has 0 fully saturated rings. The molecule has 0 saturated carbocycles. The van der Waals surface area contributed by atoms with Gasteiger partial charge in [0.1, 0.15) is 4.90 Å². The summed E-state index contributed by atoms with van der Waals surface area (Å²) in [5, 5.41) is 2.54. The number of anilines is 2. The molecule has 0 aromatic heterocycles. The van der Waals surface area contributed by atoms with Crippen molar-refractivity contribution in [3.63, 3.8) is 0 Å². The van der Waals surface area contributed by atoms with E-state index in [2.05, 4.69) is 5.32 Å². The Bertz CT molecular complexity index is 1020. The highest BCUT2D eigenvalue weighted by atomic mass is 32.2. The molecule has 1 N–H and O–H groups in total. The lowest BCUT2D eigenvalue weighted by atomic mass is 10.1. The number of amides is 2. The van der Waals surface area contributed by atoms with Crippen LogP contribution >= 0.6 is 0 Å². The van der Waals surface area contributed by atoms with Gasteiger partial charge in [-0.25, -0.2) is 0 Å².